The van der Waals surface area contributed by atoms with E-state index in [0.29, 0.717) is 0 Å². The van der Waals surface area contributed by atoms with Crippen LogP contribution in [0.1, 0.15) is 0 Å². The van der Waals surface area contributed by atoms with Crippen molar-refractivity contribution >= 4 is 60.2 Å². The highest BCUT2D eigenvalue weighted by Gasteiger charge is 2.26. The molecule has 1 aliphatic heterocycles. The lowest BCUT2D eigenvalue weighted by Gasteiger charge is -2.28. The molecule has 0 unspecified atom stereocenters. The minimum absolute atomic E-state index is 1.15. The molecule has 0 fully saturated rings. The van der Waals surface area contributed by atoms with Crippen molar-refractivity contribution in [3.05, 3.63) is 200 Å². The number of rotatable bonds is 3. The first-order valence-electron chi connectivity index (χ1n) is 18.3. The summed E-state index contributed by atoms with van der Waals surface area (Å²) in [4.78, 5) is 2.44. The molecule has 10 aromatic carbocycles. The fourth-order valence-corrected chi connectivity index (χ4v) is 8.64. The summed E-state index contributed by atoms with van der Waals surface area (Å²) in [5, 5.41) is 10.3. The van der Waals surface area contributed by atoms with Crippen LogP contribution in [0.25, 0.3) is 87.6 Å². The zero-order valence-corrected chi connectivity index (χ0v) is 29.0. The van der Waals surface area contributed by atoms with Gasteiger partial charge in [0.1, 0.15) is 0 Å². The molecule has 0 atom stereocenters. The Kier molecular flexibility index (Phi) is 6.62. The fourth-order valence-electron chi connectivity index (χ4n) is 8.64. The molecule has 11 rings (SSSR count). The third kappa shape index (κ3) is 4.71. The van der Waals surface area contributed by atoms with Gasteiger partial charge in [0.05, 0.1) is 11.4 Å². The maximum absolute atomic E-state index is 2.44. The van der Waals surface area contributed by atoms with E-state index in [4.69, 9.17) is 0 Å². The summed E-state index contributed by atoms with van der Waals surface area (Å²) < 4.78 is 0. The van der Waals surface area contributed by atoms with Crippen LogP contribution < -0.4 is 4.90 Å². The van der Waals surface area contributed by atoms with Crippen molar-refractivity contribution in [3.63, 3.8) is 0 Å². The molecule has 53 heavy (non-hydrogen) atoms. The normalized spacial score (nSPS) is 12.1. The maximum atomic E-state index is 2.44. The molecular weight excluding hydrogens is 639 g/mol. The zero-order chi connectivity index (χ0) is 34.9. The zero-order valence-electron chi connectivity index (χ0n) is 29.0. The van der Waals surface area contributed by atoms with Crippen LogP contribution >= 0.6 is 0 Å². The van der Waals surface area contributed by atoms with Crippen molar-refractivity contribution in [3.8, 4) is 44.5 Å². The van der Waals surface area contributed by atoms with E-state index < -0.39 is 0 Å². The number of para-hydroxylation sites is 1. The van der Waals surface area contributed by atoms with Gasteiger partial charge in [-0.1, -0.05) is 164 Å². The van der Waals surface area contributed by atoms with Crippen molar-refractivity contribution < 1.29 is 0 Å². The third-order valence-corrected chi connectivity index (χ3v) is 11.2. The van der Waals surface area contributed by atoms with E-state index in [0.717, 1.165) is 5.69 Å². The molecule has 0 radical (unpaired) electrons. The molecule has 0 N–H and O–H groups in total. The van der Waals surface area contributed by atoms with E-state index in [1.54, 1.807) is 0 Å². The number of benzene rings is 10. The summed E-state index contributed by atoms with van der Waals surface area (Å²) in [6.45, 7) is 0. The summed E-state index contributed by atoms with van der Waals surface area (Å²) in [6, 6.07) is 73.7. The topological polar surface area (TPSA) is 3.24 Å². The van der Waals surface area contributed by atoms with Gasteiger partial charge in [0, 0.05) is 16.8 Å². The Morgan fingerprint density at radius 2 is 0.717 bits per heavy atom. The summed E-state index contributed by atoms with van der Waals surface area (Å²) in [6.07, 6.45) is 0. The van der Waals surface area contributed by atoms with Crippen molar-refractivity contribution in [1.82, 2.24) is 0 Å². The molecule has 1 nitrogen and oxygen atoms in total. The summed E-state index contributed by atoms with van der Waals surface area (Å²) in [5.41, 5.74) is 13.3. The van der Waals surface area contributed by atoms with Gasteiger partial charge in [0.25, 0.3) is 0 Å². The number of hydrogen-bond acceptors (Lipinski definition) is 1. The third-order valence-electron chi connectivity index (χ3n) is 11.2. The highest BCUT2D eigenvalue weighted by molar-refractivity contribution is 6.25. The number of fused-ring (bicyclic) bond motifs is 12. The minimum atomic E-state index is 1.15. The molecule has 0 aromatic heterocycles. The average Bonchev–Trinajstić information content (AvgIpc) is 3.36. The Morgan fingerprint density at radius 1 is 0.245 bits per heavy atom. The van der Waals surface area contributed by atoms with Crippen LogP contribution in [0.2, 0.25) is 0 Å². The van der Waals surface area contributed by atoms with E-state index >= 15 is 0 Å². The van der Waals surface area contributed by atoms with Gasteiger partial charge in [-0.05, 0) is 113 Å². The molecule has 0 amide bonds. The first-order valence-corrected chi connectivity index (χ1v) is 18.3. The Hall–Kier alpha value is -6.96. The van der Waals surface area contributed by atoms with Crippen molar-refractivity contribution in [1.29, 1.82) is 0 Å². The lowest BCUT2D eigenvalue weighted by atomic mass is 9.91. The predicted molar refractivity (Wildman–Crippen MR) is 226 cm³/mol. The SMILES string of the molecule is c1ccc2c(c1)-c1ccccc1N(c1ccc3ccccc3c1)c1ccc(-c3ccc(-c4ccc5c6ccccc6c6ccccc6c5c4)cc3)cc1-2. The van der Waals surface area contributed by atoms with E-state index in [1.165, 1.54) is 99.0 Å². The van der Waals surface area contributed by atoms with E-state index in [9.17, 15) is 0 Å². The molecular formula is C52H33N. The number of hydrogen-bond donors (Lipinski definition) is 0. The molecule has 10 aromatic rings. The van der Waals surface area contributed by atoms with Crippen LogP contribution in [-0.4, -0.2) is 0 Å². The fraction of sp³-hybridized carbons (Fsp3) is 0. The van der Waals surface area contributed by atoms with Crippen LogP contribution in [0.5, 0.6) is 0 Å². The molecule has 0 spiro atoms. The van der Waals surface area contributed by atoms with Crippen LogP contribution in [0.3, 0.4) is 0 Å². The van der Waals surface area contributed by atoms with E-state index in [-0.39, 0.29) is 0 Å². The molecule has 0 saturated carbocycles. The quantitative estimate of drug-likeness (QED) is 0.169. The highest BCUT2D eigenvalue weighted by atomic mass is 15.1. The van der Waals surface area contributed by atoms with Crippen LogP contribution in [0.4, 0.5) is 17.1 Å². The van der Waals surface area contributed by atoms with E-state index in [1.807, 2.05) is 0 Å². The first kappa shape index (κ1) is 29.7. The molecule has 1 aliphatic rings. The summed E-state index contributed by atoms with van der Waals surface area (Å²) in [5.74, 6) is 0. The van der Waals surface area contributed by atoms with Crippen LogP contribution in [0, 0.1) is 0 Å². The van der Waals surface area contributed by atoms with Gasteiger partial charge in [-0.2, -0.15) is 0 Å². The Morgan fingerprint density at radius 3 is 1.42 bits per heavy atom. The smallest absolute Gasteiger partial charge is 0.0540 e. The van der Waals surface area contributed by atoms with E-state index in [2.05, 4.69) is 205 Å². The van der Waals surface area contributed by atoms with Crippen molar-refractivity contribution in [2.45, 2.75) is 0 Å². The second-order valence-electron chi connectivity index (χ2n) is 14.1. The molecule has 1 heterocycles. The van der Waals surface area contributed by atoms with Gasteiger partial charge in [-0.15, -0.1) is 0 Å². The average molecular weight is 672 g/mol. The molecule has 246 valence electrons. The van der Waals surface area contributed by atoms with Gasteiger partial charge < -0.3 is 4.90 Å². The molecule has 0 aliphatic carbocycles. The number of anilines is 3. The monoisotopic (exact) mass is 671 g/mol. The second-order valence-corrected chi connectivity index (χ2v) is 14.1. The Balaban J connectivity index is 1.04. The summed E-state index contributed by atoms with van der Waals surface area (Å²) in [7, 11) is 0. The molecule has 0 saturated heterocycles. The maximum Gasteiger partial charge on any atom is 0.0540 e. The van der Waals surface area contributed by atoms with Crippen molar-refractivity contribution in [2.24, 2.45) is 0 Å². The standard InChI is InChI=1S/C52H33N/c1-2-12-37-31-40(28-25-34(37)11-1)53-51-20-10-9-19-48(51)44-16-6-8-18-46(44)50-33-39(27-30-52(50)53)36-23-21-35(22-24-36)38-26-29-47-43-15-4-3-13-41(43)42-14-5-7-17-45(42)49(47)32-38/h1-33H. The molecule has 0 bridgehead atoms. The largest absolute Gasteiger partial charge is 0.309 e. The first-order chi connectivity index (χ1) is 26.3. The van der Waals surface area contributed by atoms with Gasteiger partial charge >= 0.3 is 0 Å². The molecule has 1 heteroatoms. The van der Waals surface area contributed by atoms with Gasteiger partial charge in [0.15, 0.2) is 0 Å². The minimum Gasteiger partial charge on any atom is -0.309 e. The second kappa shape index (κ2) is 11.8. The lowest BCUT2D eigenvalue weighted by molar-refractivity contribution is 1.30. The van der Waals surface area contributed by atoms with Crippen LogP contribution in [-0.2, 0) is 0 Å². The number of nitrogens with zero attached hydrogens (tertiary/aromatic N) is 1. The van der Waals surface area contributed by atoms with Crippen LogP contribution in [0.15, 0.2) is 200 Å². The van der Waals surface area contributed by atoms with Gasteiger partial charge in [-0.25, -0.2) is 0 Å². The Labute approximate surface area is 308 Å². The lowest BCUT2D eigenvalue weighted by Crippen LogP contribution is -2.11. The van der Waals surface area contributed by atoms with Gasteiger partial charge in [-0.3, -0.25) is 0 Å². The Bertz CT molecular complexity index is 3030. The van der Waals surface area contributed by atoms with Crippen molar-refractivity contribution in [2.75, 3.05) is 4.90 Å². The van der Waals surface area contributed by atoms with Gasteiger partial charge in [0.2, 0.25) is 0 Å². The predicted octanol–water partition coefficient (Wildman–Crippen LogP) is 14.8. The summed E-state index contributed by atoms with van der Waals surface area (Å²) >= 11 is 0. The highest BCUT2D eigenvalue weighted by Crippen LogP contribution is 2.51.